The first-order valence-corrected chi connectivity index (χ1v) is 5.81. The SMILES string of the molecule is C=CC[C@H]1C[C@H](c2ccc(F)c(C)c2)OCO1. The van der Waals surface area contributed by atoms with E-state index in [1.807, 2.05) is 12.1 Å². The van der Waals surface area contributed by atoms with Crippen LogP contribution in [0.15, 0.2) is 30.9 Å². The number of aryl methyl sites for hydroxylation is 1. The minimum absolute atomic E-state index is 0.00648. The quantitative estimate of drug-likeness (QED) is 0.748. The second kappa shape index (κ2) is 5.43. The van der Waals surface area contributed by atoms with Crippen LogP contribution in [0, 0.1) is 12.7 Å². The molecule has 2 rings (SSSR count). The summed E-state index contributed by atoms with van der Waals surface area (Å²) in [6.45, 7) is 5.76. The molecule has 3 heteroatoms. The summed E-state index contributed by atoms with van der Waals surface area (Å²) < 4.78 is 24.2. The van der Waals surface area contributed by atoms with Gasteiger partial charge in [-0.25, -0.2) is 4.39 Å². The van der Waals surface area contributed by atoms with E-state index >= 15 is 0 Å². The van der Waals surface area contributed by atoms with Crippen molar-refractivity contribution in [3.63, 3.8) is 0 Å². The molecule has 0 bridgehead atoms. The molecule has 1 aromatic rings. The van der Waals surface area contributed by atoms with Crippen LogP contribution in [0.4, 0.5) is 4.39 Å². The molecule has 0 aromatic heterocycles. The molecule has 0 unspecified atom stereocenters. The van der Waals surface area contributed by atoms with Crippen LogP contribution in [0.5, 0.6) is 0 Å². The van der Waals surface area contributed by atoms with Crippen molar-refractivity contribution in [1.82, 2.24) is 0 Å². The molecule has 1 heterocycles. The molecule has 0 amide bonds. The number of hydrogen-bond acceptors (Lipinski definition) is 2. The molecular formula is C14H17FO2. The first kappa shape index (κ1) is 12.3. The fourth-order valence-corrected chi connectivity index (χ4v) is 2.04. The lowest BCUT2D eigenvalue weighted by Crippen LogP contribution is -2.26. The Bertz CT molecular complexity index is 403. The van der Waals surface area contributed by atoms with Gasteiger partial charge in [-0.15, -0.1) is 6.58 Å². The third kappa shape index (κ3) is 2.93. The molecule has 0 N–H and O–H groups in total. The first-order valence-electron chi connectivity index (χ1n) is 5.81. The van der Waals surface area contributed by atoms with Crippen molar-refractivity contribution < 1.29 is 13.9 Å². The topological polar surface area (TPSA) is 18.5 Å². The zero-order valence-electron chi connectivity index (χ0n) is 9.99. The van der Waals surface area contributed by atoms with Gasteiger partial charge in [0.2, 0.25) is 0 Å². The lowest BCUT2D eigenvalue weighted by Gasteiger charge is -2.29. The molecule has 2 atom stereocenters. The zero-order chi connectivity index (χ0) is 12.3. The van der Waals surface area contributed by atoms with Crippen LogP contribution < -0.4 is 0 Å². The molecule has 0 aliphatic carbocycles. The van der Waals surface area contributed by atoms with Crippen molar-refractivity contribution in [2.75, 3.05) is 6.79 Å². The van der Waals surface area contributed by atoms with Gasteiger partial charge in [-0.1, -0.05) is 18.2 Å². The average molecular weight is 236 g/mol. The normalized spacial score (nSPS) is 24.6. The number of hydrogen-bond donors (Lipinski definition) is 0. The summed E-state index contributed by atoms with van der Waals surface area (Å²) in [6.07, 6.45) is 3.60. The van der Waals surface area contributed by atoms with E-state index in [1.165, 1.54) is 6.07 Å². The highest BCUT2D eigenvalue weighted by Gasteiger charge is 2.23. The van der Waals surface area contributed by atoms with Gasteiger partial charge in [-0.05, 0) is 30.5 Å². The van der Waals surface area contributed by atoms with Crippen LogP contribution in [0.3, 0.4) is 0 Å². The van der Waals surface area contributed by atoms with E-state index in [0.717, 1.165) is 18.4 Å². The van der Waals surface area contributed by atoms with Crippen molar-refractivity contribution in [2.45, 2.75) is 32.0 Å². The van der Waals surface area contributed by atoms with Gasteiger partial charge in [-0.3, -0.25) is 0 Å². The summed E-state index contributed by atoms with van der Waals surface area (Å²) >= 11 is 0. The molecule has 92 valence electrons. The van der Waals surface area contributed by atoms with Gasteiger partial charge in [0.25, 0.3) is 0 Å². The van der Waals surface area contributed by atoms with Gasteiger partial charge in [0.15, 0.2) is 0 Å². The smallest absolute Gasteiger partial charge is 0.147 e. The van der Waals surface area contributed by atoms with E-state index in [-0.39, 0.29) is 18.0 Å². The van der Waals surface area contributed by atoms with Gasteiger partial charge in [0, 0.05) is 6.42 Å². The Hall–Kier alpha value is -1.19. The molecule has 0 saturated carbocycles. The van der Waals surface area contributed by atoms with Crippen LogP contribution in [0.25, 0.3) is 0 Å². The van der Waals surface area contributed by atoms with E-state index in [1.54, 1.807) is 13.0 Å². The predicted molar refractivity (Wildman–Crippen MR) is 64.1 cm³/mol. The van der Waals surface area contributed by atoms with Crippen LogP contribution >= 0.6 is 0 Å². The summed E-state index contributed by atoms with van der Waals surface area (Å²) in [5.41, 5.74) is 1.67. The Labute approximate surface area is 101 Å². The zero-order valence-corrected chi connectivity index (χ0v) is 9.99. The molecule has 1 aromatic carbocycles. The second-order valence-electron chi connectivity index (χ2n) is 4.33. The highest BCUT2D eigenvalue weighted by atomic mass is 19.1. The van der Waals surface area contributed by atoms with Crippen molar-refractivity contribution >= 4 is 0 Å². The Morgan fingerprint density at radius 3 is 3.00 bits per heavy atom. The Kier molecular flexibility index (Phi) is 3.92. The van der Waals surface area contributed by atoms with Crippen LogP contribution in [-0.4, -0.2) is 12.9 Å². The molecule has 1 fully saturated rings. The third-order valence-electron chi connectivity index (χ3n) is 3.03. The summed E-state index contributed by atoms with van der Waals surface area (Å²) in [5, 5.41) is 0. The molecule has 17 heavy (non-hydrogen) atoms. The molecule has 1 aliphatic rings. The van der Waals surface area contributed by atoms with Crippen molar-refractivity contribution in [1.29, 1.82) is 0 Å². The van der Waals surface area contributed by atoms with Crippen molar-refractivity contribution in [3.8, 4) is 0 Å². The fourth-order valence-electron chi connectivity index (χ4n) is 2.04. The monoisotopic (exact) mass is 236 g/mol. The summed E-state index contributed by atoms with van der Waals surface area (Å²) in [4.78, 5) is 0. The minimum Gasteiger partial charge on any atom is -0.352 e. The molecular weight excluding hydrogens is 219 g/mol. The van der Waals surface area contributed by atoms with E-state index < -0.39 is 0 Å². The van der Waals surface area contributed by atoms with Gasteiger partial charge in [0.1, 0.15) is 12.6 Å². The predicted octanol–water partition coefficient (Wildman–Crippen LogP) is 3.51. The lowest BCUT2D eigenvalue weighted by molar-refractivity contribution is -0.176. The first-order chi connectivity index (χ1) is 8.20. The average Bonchev–Trinajstić information content (AvgIpc) is 2.33. The number of rotatable bonds is 3. The van der Waals surface area contributed by atoms with Crippen LogP contribution in [0.1, 0.15) is 30.1 Å². The summed E-state index contributed by atoms with van der Waals surface area (Å²) in [5.74, 6) is -0.177. The Balaban J connectivity index is 2.10. The van der Waals surface area contributed by atoms with Gasteiger partial charge in [-0.2, -0.15) is 0 Å². The van der Waals surface area contributed by atoms with E-state index in [2.05, 4.69) is 6.58 Å². The molecule has 2 nitrogen and oxygen atoms in total. The summed E-state index contributed by atoms with van der Waals surface area (Å²) in [6, 6.07) is 5.12. The largest absolute Gasteiger partial charge is 0.352 e. The van der Waals surface area contributed by atoms with Gasteiger partial charge >= 0.3 is 0 Å². The molecule has 1 saturated heterocycles. The molecule has 0 spiro atoms. The van der Waals surface area contributed by atoms with Crippen LogP contribution in [-0.2, 0) is 9.47 Å². The number of ether oxygens (including phenoxy) is 2. The van der Waals surface area contributed by atoms with Gasteiger partial charge < -0.3 is 9.47 Å². The van der Waals surface area contributed by atoms with E-state index in [9.17, 15) is 4.39 Å². The Morgan fingerprint density at radius 2 is 2.29 bits per heavy atom. The maximum absolute atomic E-state index is 13.2. The Morgan fingerprint density at radius 1 is 1.47 bits per heavy atom. The fraction of sp³-hybridized carbons (Fsp3) is 0.429. The highest BCUT2D eigenvalue weighted by molar-refractivity contribution is 5.26. The molecule has 0 radical (unpaired) electrons. The van der Waals surface area contributed by atoms with Crippen LogP contribution in [0.2, 0.25) is 0 Å². The van der Waals surface area contributed by atoms with Gasteiger partial charge in [0.05, 0.1) is 12.2 Å². The third-order valence-corrected chi connectivity index (χ3v) is 3.03. The number of benzene rings is 1. The maximum atomic E-state index is 13.2. The second-order valence-corrected chi connectivity index (χ2v) is 4.33. The van der Waals surface area contributed by atoms with Crippen molar-refractivity contribution in [2.24, 2.45) is 0 Å². The highest BCUT2D eigenvalue weighted by Crippen LogP contribution is 2.30. The standard InChI is InChI=1S/C14H17FO2/c1-3-4-12-8-14(17-9-16-12)11-5-6-13(15)10(2)7-11/h3,5-7,12,14H,1,4,8-9H2,2H3/t12-,14+/m0/s1. The lowest BCUT2D eigenvalue weighted by atomic mass is 9.99. The number of halogens is 1. The maximum Gasteiger partial charge on any atom is 0.147 e. The van der Waals surface area contributed by atoms with E-state index in [4.69, 9.17) is 9.47 Å². The van der Waals surface area contributed by atoms with Crippen molar-refractivity contribution in [3.05, 3.63) is 47.8 Å². The minimum atomic E-state index is -0.177. The molecule has 1 aliphatic heterocycles. The van der Waals surface area contributed by atoms with E-state index in [0.29, 0.717) is 12.4 Å². The summed E-state index contributed by atoms with van der Waals surface area (Å²) in [7, 11) is 0.